The van der Waals surface area contributed by atoms with Gasteiger partial charge in [0.2, 0.25) is 0 Å². The van der Waals surface area contributed by atoms with E-state index in [-0.39, 0.29) is 28.7 Å². The molecule has 0 saturated carbocycles. The molecule has 0 aromatic heterocycles. The fourth-order valence-corrected chi connectivity index (χ4v) is 1.62. The summed E-state index contributed by atoms with van der Waals surface area (Å²) in [5.41, 5.74) is 0. The predicted octanol–water partition coefficient (Wildman–Crippen LogP) is 3.35. The zero-order valence-corrected chi connectivity index (χ0v) is 15.8. The van der Waals surface area contributed by atoms with Gasteiger partial charge in [-0.25, -0.2) is 0 Å². The normalized spacial score (nSPS) is 12.3. The highest BCUT2D eigenvalue weighted by molar-refractivity contribution is 14.0. The summed E-state index contributed by atoms with van der Waals surface area (Å²) < 4.78 is 0.243. The minimum Gasteiger partial charge on any atom is -0.356 e. The minimum absolute atomic E-state index is 0. The van der Waals surface area contributed by atoms with E-state index in [1.54, 1.807) is 0 Å². The molecule has 0 unspecified atom stereocenters. The fraction of sp³-hybridized carbons (Fsp3) is 0.923. The Labute approximate surface area is 134 Å². The summed E-state index contributed by atoms with van der Waals surface area (Å²) in [6.07, 6.45) is 4.58. The van der Waals surface area contributed by atoms with Gasteiger partial charge in [0.1, 0.15) is 0 Å². The Morgan fingerprint density at radius 1 is 1.22 bits per heavy atom. The second kappa shape index (κ2) is 11.2. The first-order valence-corrected chi connectivity index (χ1v) is 7.71. The lowest BCUT2D eigenvalue weighted by Gasteiger charge is -2.24. The second-order valence-corrected chi connectivity index (χ2v) is 6.47. The van der Waals surface area contributed by atoms with E-state index in [1.807, 2.05) is 18.8 Å². The van der Waals surface area contributed by atoms with Gasteiger partial charge in [0, 0.05) is 24.9 Å². The van der Waals surface area contributed by atoms with Gasteiger partial charge in [-0.2, -0.15) is 11.8 Å². The van der Waals surface area contributed by atoms with Crippen molar-refractivity contribution in [3.63, 3.8) is 0 Å². The average molecular weight is 387 g/mol. The molecule has 3 nitrogen and oxygen atoms in total. The number of halogens is 1. The first-order chi connectivity index (χ1) is 7.99. The van der Waals surface area contributed by atoms with Crippen LogP contribution < -0.4 is 10.6 Å². The maximum absolute atomic E-state index is 4.25. The molecule has 0 amide bonds. The first-order valence-electron chi connectivity index (χ1n) is 6.48. The molecule has 0 aliphatic heterocycles. The fourth-order valence-electron chi connectivity index (χ4n) is 1.41. The van der Waals surface area contributed by atoms with Crippen LogP contribution in [0.1, 0.15) is 40.5 Å². The molecule has 0 aliphatic carbocycles. The molecule has 0 rings (SSSR count). The topological polar surface area (TPSA) is 36.4 Å². The van der Waals surface area contributed by atoms with Crippen LogP contribution >= 0.6 is 35.7 Å². The van der Waals surface area contributed by atoms with E-state index in [0.717, 1.165) is 25.0 Å². The van der Waals surface area contributed by atoms with E-state index in [9.17, 15) is 0 Å². The van der Waals surface area contributed by atoms with Crippen molar-refractivity contribution in [2.24, 2.45) is 10.9 Å². The summed E-state index contributed by atoms with van der Waals surface area (Å²) in [5, 5.41) is 6.78. The van der Waals surface area contributed by atoms with Crippen molar-refractivity contribution in [2.75, 3.05) is 26.4 Å². The molecular weight excluding hydrogens is 357 g/mol. The molecule has 5 heteroatoms. The predicted molar refractivity (Wildman–Crippen MR) is 96.4 cm³/mol. The monoisotopic (exact) mass is 387 g/mol. The number of rotatable bonds is 7. The third kappa shape index (κ3) is 9.30. The molecule has 2 N–H and O–H groups in total. The number of nitrogens with zero attached hydrogens (tertiary/aromatic N) is 1. The zero-order valence-electron chi connectivity index (χ0n) is 12.7. The van der Waals surface area contributed by atoms with Crippen LogP contribution in [0.4, 0.5) is 0 Å². The van der Waals surface area contributed by atoms with Gasteiger partial charge >= 0.3 is 0 Å². The second-order valence-electron chi connectivity index (χ2n) is 4.95. The summed E-state index contributed by atoms with van der Waals surface area (Å²) >= 11 is 1.87. The number of guanidine groups is 1. The Bertz CT molecular complexity index is 228. The molecule has 0 fully saturated rings. The average Bonchev–Trinajstić information content (AvgIpc) is 2.34. The van der Waals surface area contributed by atoms with Crippen LogP contribution in [0.15, 0.2) is 4.99 Å². The van der Waals surface area contributed by atoms with Gasteiger partial charge in [0.25, 0.3) is 0 Å². The largest absolute Gasteiger partial charge is 0.356 e. The van der Waals surface area contributed by atoms with Crippen LogP contribution in [0.3, 0.4) is 0 Å². The third-order valence-electron chi connectivity index (χ3n) is 3.17. The highest BCUT2D eigenvalue weighted by Crippen LogP contribution is 2.19. The van der Waals surface area contributed by atoms with Crippen LogP contribution in [0, 0.1) is 5.92 Å². The summed E-state index contributed by atoms with van der Waals surface area (Å²) in [4.78, 5) is 4.25. The molecule has 0 heterocycles. The van der Waals surface area contributed by atoms with Crippen LogP contribution in [-0.4, -0.2) is 37.1 Å². The minimum atomic E-state index is 0. The smallest absolute Gasteiger partial charge is 0.191 e. The summed E-state index contributed by atoms with van der Waals surface area (Å²) in [7, 11) is 1.83. The Balaban J connectivity index is 0. The van der Waals surface area contributed by atoms with Crippen molar-refractivity contribution in [1.29, 1.82) is 0 Å². The van der Waals surface area contributed by atoms with Crippen LogP contribution in [-0.2, 0) is 0 Å². The molecule has 0 aromatic rings. The molecule has 0 bridgehead atoms. The van der Waals surface area contributed by atoms with Gasteiger partial charge in [-0.3, -0.25) is 4.99 Å². The molecule has 0 radical (unpaired) electrons. The van der Waals surface area contributed by atoms with Crippen molar-refractivity contribution < 1.29 is 0 Å². The molecule has 110 valence electrons. The summed E-state index contributed by atoms with van der Waals surface area (Å²) in [6.45, 7) is 10.9. The lowest BCUT2D eigenvalue weighted by Crippen LogP contribution is -2.44. The quantitative estimate of drug-likeness (QED) is 0.400. The highest BCUT2D eigenvalue weighted by atomic mass is 127. The number of thioether (sulfide) groups is 1. The lowest BCUT2D eigenvalue weighted by atomic mass is 10.0. The van der Waals surface area contributed by atoms with Gasteiger partial charge in [0.05, 0.1) is 0 Å². The van der Waals surface area contributed by atoms with E-state index in [4.69, 9.17) is 0 Å². The SMILES string of the molecule is CCC(CC)CNC(=NC)NCC(C)(C)SC.I. The summed E-state index contributed by atoms with van der Waals surface area (Å²) in [6, 6.07) is 0. The van der Waals surface area contributed by atoms with Crippen molar-refractivity contribution in [2.45, 2.75) is 45.3 Å². The van der Waals surface area contributed by atoms with E-state index in [1.165, 1.54) is 12.8 Å². The molecule has 0 atom stereocenters. The van der Waals surface area contributed by atoms with Gasteiger partial charge in [-0.05, 0) is 26.0 Å². The van der Waals surface area contributed by atoms with Crippen LogP contribution in [0.25, 0.3) is 0 Å². The molecular formula is C13H30IN3S. The molecule has 0 aromatic carbocycles. The zero-order chi connectivity index (χ0) is 13.3. The van der Waals surface area contributed by atoms with Crippen molar-refractivity contribution >= 4 is 41.7 Å². The van der Waals surface area contributed by atoms with Crippen molar-refractivity contribution in [3.05, 3.63) is 0 Å². The molecule has 0 saturated heterocycles. The van der Waals surface area contributed by atoms with Crippen molar-refractivity contribution in [3.8, 4) is 0 Å². The number of aliphatic imine (C=N–C) groups is 1. The maximum Gasteiger partial charge on any atom is 0.191 e. The van der Waals surface area contributed by atoms with Gasteiger partial charge in [0.15, 0.2) is 5.96 Å². The van der Waals surface area contributed by atoms with Crippen LogP contribution in [0.2, 0.25) is 0 Å². The van der Waals surface area contributed by atoms with Crippen LogP contribution in [0.5, 0.6) is 0 Å². The Hall–Kier alpha value is 0.350. The molecule has 0 spiro atoms. The number of hydrogen-bond acceptors (Lipinski definition) is 2. The molecule has 0 aliphatic rings. The van der Waals surface area contributed by atoms with E-state index in [0.29, 0.717) is 0 Å². The summed E-state index contributed by atoms with van der Waals surface area (Å²) in [5.74, 6) is 1.65. The Morgan fingerprint density at radius 3 is 2.17 bits per heavy atom. The number of hydrogen-bond donors (Lipinski definition) is 2. The highest BCUT2D eigenvalue weighted by Gasteiger charge is 2.16. The van der Waals surface area contributed by atoms with Gasteiger partial charge in [-0.15, -0.1) is 24.0 Å². The Morgan fingerprint density at radius 2 is 1.78 bits per heavy atom. The van der Waals surface area contributed by atoms with E-state index < -0.39 is 0 Å². The van der Waals surface area contributed by atoms with E-state index >= 15 is 0 Å². The van der Waals surface area contributed by atoms with E-state index in [2.05, 4.69) is 49.6 Å². The van der Waals surface area contributed by atoms with Gasteiger partial charge in [-0.1, -0.05) is 26.7 Å². The standard InChI is InChI=1S/C13H29N3S.HI/c1-7-11(8-2)9-15-12(14-5)16-10-13(3,4)17-6;/h11H,7-10H2,1-6H3,(H2,14,15,16);1H. The molecule has 18 heavy (non-hydrogen) atoms. The maximum atomic E-state index is 4.25. The van der Waals surface area contributed by atoms with Gasteiger partial charge < -0.3 is 10.6 Å². The first kappa shape index (κ1) is 20.7. The lowest BCUT2D eigenvalue weighted by molar-refractivity contribution is 0.480. The third-order valence-corrected chi connectivity index (χ3v) is 4.42. The Kier molecular flexibility index (Phi) is 12.9. The number of nitrogens with one attached hydrogen (secondary N) is 2. The van der Waals surface area contributed by atoms with Crippen molar-refractivity contribution in [1.82, 2.24) is 10.6 Å².